The lowest BCUT2D eigenvalue weighted by Gasteiger charge is -2.21. The van der Waals surface area contributed by atoms with E-state index in [1.807, 2.05) is 54.6 Å². The van der Waals surface area contributed by atoms with Gasteiger partial charge in [0.25, 0.3) is 0 Å². The fourth-order valence-corrected chi connectivity index (χ4v) is 4.19. The molecule has 0 fully saturated rings. The molecule has 0 aliphatic carbocycles. The number of para-hydroxylation sites is 3. The van der Waals surface area contributed by atoms with E-state index in [9.17, 15) is 4.79 Å². The highest BCUT2D eigenvalue weighted by Gasteiger charge is 2.17. The van der Waals surface area contributed by atoms with Crippen molar-refractivity contribution >= 4 is 45.5 Å². The minimum atomic E-state index is -0.0779. The monoisotopic (exact) mass is 425 g/mol. The SMILES string of the molecule is COc1ccccc1Nc1nnc(SCC(=O)N(CCC#N)c2ccccc2)s1. The van der Waals surface area contributed by atoms with Crippen LogP contribution in [0.1, 0.15) is 6.42 Å². The van der Waals surface area contributed by atoms with Crippen LogP contribution in [0.5, 0.6) is 5.75 Å². The third-order valence-electron chi connectivity index (χ3n) is 3.89. The molecule has 1 N–H and O–H groups in total. The number of rotatable bonds is 9. The summed E-state index contributed by atoms with van der Waals surface area (Å²) in [5.74, 6) is 0.845. The van der Waals surface area contributed by atoms with Crippen molar-refractivity contribution in [3.8, 4) is 11.8 Å². The normalized spacial score (nSPS) is 10.2. The number of aromatic nitrogens is 2. The molecule has 1 aromatic heterocycles. The van der Waals surface area contributed by atoms with E-state index in [2.05, 4.69) is 21.6 Å². The molecule has 7 nitrogen and oxygen atoms in total. The number of carbonyl (C=O) groups excluding carboxylic acids is 1. The molecule has 0 saturated heterocycles. The van der Waals surface area contributed by atoms with E-state index in [1.54, 1.807) is 12.0 Å². The first-order valence-electron chi connectivity index (χ1n) is 8.80. The minimum absolute atomic E-state index is 0.0779. The Morgan fingerprint density at radius 3 is 2.72 bits per heavy atom. The van der Waals surface area contributed by atoms with Crippen LogP contribution in [0.2, 0.25) is 0 Å². The Morgan fingerprint density at radius 1 is 1.21 bits per heavy atom. The van der Waals surface area contributed by atoms with Crippen LogP contribution < -0.4 is 15.0 Å². The van der Waals surface area contributed by atoms with E-state index < -0.39 is 0 Å². The summed E-state index contributed by atoms with van der Waals surface area (Å²) in [6, 6.07) is 19.0. The lowest BCUT2D eigenvalue weighted by molar-refractivity contribution is -0.116. The fourth-order valence-electron chi connectivity index (χ4n) is 2.55. The first-order valence-corrected chi connectivity index (χ1v) is 10.6. The lowest BCUT2D eigenvalue weighted by Crippen LogP contribution is -2.33. The van der Waals surface area contributed by atoms with Crippen LogP contribution in [-0.4, -0.2) is 35.5 Å². The molecule has 0 radical (unpaired) electrons. The van der Waals surface area contributed by atoms with Gasteiger partial charge in [-0.15, -0.1) is 10.2 Å². The summed E-state index contributed by atoms with van der Waals surface area (Å²) in [4.78, 5) is 14.4. The van der Waals surface area contributed by atoms with Crippen LogP contribution in [-0.2, 0) is 4.79 Å². The number of amides is 1. The maximum atomic E-state index is 12.7. The minimum Gasteiger partial charge on any atom is -0.495 e. The van der Waals surface area contributed by atoms with Crippen molar-refractivity contribution in [1.82, 2.24) is 10.2 Å². The molecule has 0 bridgehead atoms. The first kappa shape index (κ1) is 20.6. The molecule has 0 unspecified atom stereocenters. The summed E-state index contributed by atoms with van der Waals surface area (Å²) in [6.45, 7) is 0.358. The van der Waals surface area contributed by atoms with Gasteiger partial charge in [-0.3, -0.25) is 4.79 Å². The zero-order chi connectivity index (χ0) is 20.5. The van der Waals surface area contributed by atoms with Gasteiger partial charge in [-0.1, -0.05) is 53.4 Å². The number of anilines is 3. The van der Waals surface area contributed by atoms with E-state index >= 15 is 0 Å². The van der Waals surface area contributed by atoms with Gasteiger partial charge >= 0.3 is 0 Å². The Balaban J connectivity index is 1.62. The number of hydrogen-bond acceptors (Lipinski definition) is 8. The molecular formula is C20H19N5O2S2. The highest BCUT2D eigenvalue weighted by Crippen LogP contribution is 2.31. The third-order valence-corrected chi connectivity index (χ3v) is 5.85. The van der Waals surface area contributed by atoms with Crippen molar-refractivity contribution in [2.75, 3.05) is 29.6 Å². The Kier molecular flexibility index (Phi) is 7.44. The summed E-state index contributed by atoms with van der Waals surface area (Å²) in [5, 5.41) is 21.0. The number of ether oxygens (including phenoxy) is 1. The van der Waals surface area contributed by atoms with Crippen LogP contribution in [0.25, 0.3) is 0 Å². The molecule has 29 heavy (non-hydrogen) atoms. The Morgan fingerprint density at radius 2 is 1.97 bits per heavy atom. The van der Waals surface area contributed by atoms with Crippen molar-refractivity contribution < 1.29 is 9.53 Å². The molecular weight excluding hydrogens is 406 g/mol. The smallest absolute Gasteiger partial charge is 0.237 e. The zero-order valence-electron chi connectivity index (χ0n) is 15.7. The van der Waals surface area contributed by atoms with Gasteiger partial charge in [-0.25, -0.2) is 0 Å². The average molecular weight is 426 g/mol. The van der Waals surface area contributed by atoms with Gasteiger partial charge in [0.2, 0.25) is 11.0 Å². The quantitative estimate of drug-likeness (QED) is 0.510. The Hall–Kier alpha value is -3.09. The van der Waals surface area contributed by atoms with Crippen molar-refractivity contribution in [1.29, 1.82) is 5.26 Å². The predicted molar refractivity (Wildman–Crippen MR) is 116 cm³/mol. The number of hydrogen-bond donors (Lipinski definition) is 1. The molecule has 0 aliphatic heterocycles. The van der Waals surface area contributed by atoms with Crippen molar-refractivity contribution in [3.63, 3.8) is 0 Å². The van der Waals surface area contributed by atoms with E-state index in [-0.39, 0.29) is 18.1 Å². The Labute approximate surface area is 177 Å². The topological polar surface area (TPSA) is 91.1 Å². The number of nitrogens with zero attached hydrogens (tertiary/aromatic N) is 4. The summed E-state index contributed by atoms with van der Waals surface area (Å²) in [6.07, 6.45) is 0.275. The number of nitrogens with one attached hydrogen (secondary N) is 1. The predicted octanol–water partition coefficient (Wildman–Crippen LogP) is 4.33. The second-order valence-electron chi connectivity index (χ2n) is 5.78. The molecule has 3 aromatic rings. The van der Waals surface area contributed by atoms with E-state index in [4.69, 9.17) is 10.00 Å². The molecule has 0 saturated carbocycles. The molecule has 0 atom stereocenters. The molecule has 3 rings (SSSR count). The summed E-state index contributed by atoms with van der Waals surface area (Å²) in [5.41, 5.74) is 1.58. The number of carbonyl (C=O) groups is 1. The van der Waals surface area contributed by atoms with Crippen LogP contribution >= 0.6 is 23.1 Å². The Bertz CT molecular complexity index is 988. The largest absolute Gasteiger partial charge is 0.495 e. The van der Waals surface area contributed by atoms with E-state index in [0.29, 0.717) is 21.8 Å². The summed E-state index contributed by atoms with van der Waals surface area (Å²) >= 11 is 2.69. The van der Waals surface area contributed by atoms with Crippen LogP contribution in [0, 0.1) is 11.3 Å². The second-order valence-corrected chi connectivity index (χ2v) is 7.98. The van der Waals surface area contributed by atoms with Gasteiger partial charge in [0, 0.05) is 12.2 Å². The standard InChI is InChI=1S/C20H19N5O2S2/c1-27-17-11-6-5-10-16(17)22-19-23-24-20(29-19)28-14-18(26)25(13-7-12-21)15-8-3-2-4-9-15/h2-6,8-11H,7,13-14H2,1H3,(H,22,23). The van der Waals surface area contributed by atoms with E-state index in [0.717, 1.165) is 11.4 Å². The average Bonchev–Trinajstić information content (AvgIpc) is 3.21. The van der Waals surface area contributed by atoms with Gasteiger partial charge in [-0.05, 0) is 24.3 Å². The molecule has 148 valence electrons. The van der Waals surface area contributed by atoms with E-state index in [1.165, 1.54) is 23.1 Å². The fraction of sp³-hybridized carbons (Fsp3) is 0.200. The van der Waals surface area contributed by atoms with Crippen molar-refractivity contribution in [3.05, 3.63) is 54.6 Å². The van der Waals surface area contributed by atoms with Gasteiger partial charge in [0.1, 0.15) is 5.75 Å². The maximum absolute atomic E-state index is 12.7. The number of methoxy groups -OCH3 is 1. The number of nitriles is 1. The lowest BCUT2D eigenvalue weighted by atomic mass is 10.2. The number of thioether (sulfide) groups is 1. The number of benzene rings is 2. The maximum Gasteiger partial charge on any atom is 0.237 e. The van der Waals surface area contributed by atoms with Crippen LogP contribution in [0.4, 0.5) is 16.5 Å². The third kappa shape index (κ3) is 5.70. The molecule has 9 heteroatoms. The van der Waals surface area contributed by atoms with Crippen molar-refractivity contribution in [2.24, 2.45) is 0 Å². The van der Waals surface area contributed by atoms with Gasteiger partial charge in [0.15, 0.2) is 4.34 Å². The van der Waals surface area contributed by atoms with Gasteiger partial charge < -0.3 is 15.0 Å². The highest BCUT2D eigenvalue weighted by molar-refractivity contribution is 8.01. The summed E-state index contributed by atoms with van der Waals surface area (Å²) in [7, 11) is 1.61. The molecule has 2 aromatic carbocycles. The molecule has 1 amide bonds. The zero-order valence-corrected chi connectivity index (χ0v) is 17.4. The second kappa shape index (κ2) is 10.5. The highest BCUT2D eigenvalue weighted by atomic mass is 32.2. The molecule has 1 heterocycles. The summed E-state index contributed by atoms with van der Waals surface area (Å²) < 4.78 is 6.00. The van der Waals surface area contributed by atoms with Crippen LogP contribution in [0.15, 0.2) is 58.9 Å². The van der Waals surface area contributed by atoms with Crippen molar-refractivity contribution in [2.45, 2.75) is 10.8 Å². The first-order chi connectivity index (χ1) is 14.2. The van der Waals surface area contributed by atoms with Gasteiger partial charge in [0.05, 0.1) is 31.0 Å². The van der Waals surface area contributed by atoms with Gasteiger partial charge in [-0.2, -0.15) is 5.26 Å². The molecule has 0 aliphatic rings. The van der Waals surface area contributed by atoms with Crippen LogP contribution in [0.3, 0.4) is 0 Å². The molecule has 0 spiro atoms.